The number of thioether (sulfide) groups is 1. The van der Waals surface area contributed by atoms with Gasteiger partial charge in [-0.2, -0.15) is 13.2 Å². The SMILES string of the molecule is NC(=O)CSC1=C(C(=O)O)N2C(=O)[C@@H]3[C@H]2[C@H](C1)CN3C(=O)C(F)(F)F. The molecule has 3 aliphatic rings. The van der Waals surface area contributed by atoms with E-state index in [2.05, 4.69) is 0 Å². The highest BCUT2D eigenvalue weighted by molar-refractivity contribution is 8.03. The van der Waals surface area contributed by atoms with E-state index >= 15 is 0 Å². The zero-order valence-corrected chi connectivity index (χ0v) is 13.3. The molecule has 3 atom stereocenters. The van der Waals surface area contributed by atoms with Crippen molar-refractivity contribution in [3.05, 3.63) is 10.6 Å². The fraction of sp³-hybridized carbons (Fsp3) is 0.538. The molecule has 3 aliphatic heterocycles. The third-order valence-electron chi connectivity index (χ3n) is 4.41. The highest BCUT2D eigenvalue weighted by Crippen LogP contribution is 2.49. The van der Waals surface area contributed by atoms with Crippen LogP contribution in [0.2, 0.25) is 0 Å². The van der Waals surface area contributed by atoms with Crippen LogP contribution in [0, 0.1) is 5.92 Å². The minimum absolute atomic E-state index is 0.0617. The summed E-state index contributed by atoms with van der Waals surface area (Å²) in [5.74, 6) is -5.83. The number of carboxylic acids is 1. The van der Waals surface area contributed by atoms with E-state index in [4.69, 9.17) is 5.73 Å². The zero-order valence-electron chi connectivity index (χ0n) is 12.4. The Kier molecular flexibility index (Phi) is 3.97. The molecule has 0 spiro atoms. The number of carboxylic acid groups (broad SMARTS) is 1. The van der Waals surface area contributed by atoms with E-state index < -0.39 is 47.9 Å². The Morgan fingerprint density at radius 2 is 1.96 bits per heavy atom. The monoisotopic (exact) mass is 379 g/mol. The minimum Gasteiger partial charge on any atom is -0.477 e. The van der Waals surface area contributed by atoms with Crippen LogP contribution in [0.1, 0.15) is 6.42 Å². The molecule has 0 unspecified atom stereocenters. The maximum absolute atomic E-state index is 12.7. The summed E-state index contributed by atoms with van der Waals surface area (Å²) in [6, 6.07) is -2.08. The van der Waals surface area contributed by atoms with Crippen molar-refractivity contribution in [3.63, 3.8) is 0 Å². The average Bonchev–Trinajstić information content (AvgIpc) is 2.85. The number of β-lactam (4-membered cyclic amide) rings is 1. The first-order valence-electron chi connectivity index (χ1n) is 7.12. The van der Waals surface area contributed by atoms with Gasteiger partial charge in [-0.15, -0.1) is 11.8 Å². The number of likely N-dealkylation sites (tertiary alicyclic amines) is 1. The first-order chi connectivity index (χ1) is 11.5. The molecule has 12 heteroatoms. The van der Waals surface area contributed by atoms with Crippen molar-refractivity contribution in [3.8, 4) is 0 Å². The van der Waals surface area contributed by atoms with Crippen molar-refractivity contribution < 1.29 is 37.5 Å². The number of primary amides is 1. The summed E-state index contributed by atoms with van der Waals surface area (Å²) in [6.07, 6.45) is -5.05. The molecule has 0 aromatic rings. The number of nitrogens with zero attached hydrogens (tertiary/aromatic N) is 2. The number of allylic oxidation sites excluding steroid dienone is 1. The van der Waals surface area contributed by atoms with Crippen molar-refractivity contribution in [1.82, 2.24) is 9.80 Å². The lowest BCUT2D eigenvalue weighted by atomic mass is 9.82. The molecule has 0 saturated carbocycles. The number of carbonyl (C=O) groups is 4. The van der Waals surface area contributed by atoms with Crippen molar-refractivity contribution in [2.24, 2.45) is 11.7 Å². The van der Waals surface area contributed by atoms with Crippen LogP contribution in [-0.2, 0) is 19.2 Å². The molecule has 3 amide bonds. The summed E-state index contributed by atoms with van der Waals surface area (Å²) in [5.41, 5.74) is 4.68. The van der Waals surface area contributed by atoms with E-state index in [0.29, 0.717) is 4.90 Å². The summed E-state index contributed by atoms with van der Waals surface area (Å²) < 4.78 is 38.1. The molecule has 0 bridgehead atoms. The molecule has 0 aliphatic carbocycles. The topological polar surface area (TPSA) is 121 Å². The number of carbonyl (C=O) groups excluding carboxylic acids is 3. The fourth-order valence-electron chi connectivity index (χ4n) is 3.55. The fourth-order valence-corrected chi connectivity index (χ4v) is 4.52. The summed E-state index contributed by atoms with van der Waals surface area (Å²) in [5, 5.41) is 9.37. The quantitative estimate of drug-likeness (QED) is 0.636. The van der Waals surface area contributed by atoms with Crippen LogP contribution in [0.15, 0.2) is 10.6 Å². The van der Waals surface area contributed by atoms with Gasteiger partial charge < -0.3 is 15.7 Å². The second-order valence-electron chi connectivity index (χ2n) is 5.90. The Hall–Kier alpha value is -2.24. The van der Waals surface area contributed by atoms with E-state index in [1.165, 1.54) is 0 Å². The molecule has 3 rings (SSSR count). The van der Waals surface area contributed by atoms with Crippen molar-refractivity contribution in [1.29, 1.82) is 0 Å². The largest absolute Gasteiger partial charge is 0.477 e. The maximum atomic E-state index is 12.7. The second-order valence-corrected chi connectivity index (χ2v) is 6.97. The Bertz CT molecular complexity index is 722. The smallest absolute Gasteiger partial charge is 0.471 e. The molecule has 25 heavy (non-hydrogen) atoms. The molecule has 2 fully saturated rings. The number of hydrogen-bond donors (Lipinski definition) is 2. The number of nitrogens with two attached hydrogens (primary N) is 1. The molecule has 0 radical (unpaired) electrons. The predicted molar refractivity (Wildman–Crippen MR) is 76.6 cm³/mol. The molecule has 2 saturated heterocycles. The van der Waals surface area contributed by atoms with Crippen molar-refractivity contribution in [2.45, 2.75) is 24.7 Å². The van der Waals surface area contributed by atoms with Crippen LogP contribution in [0.5, 0.6) is 0 Å². The summed E-state index contributed by atoms with van der Waals surface area (Å²) in [4.78, 5) is 47.8. The van der Waals surface area contributed by atoms with Gasteiger partial charge in [0.25, 0.3) is 5.91 Å². The molecule has 0 aromatic carbocycles. The van der Waals surface area contributed by atoms with Gasteiger partial charge in [-0.3, -0.25) is 19.3 Å². The summed E-state index contributed by atoms with van der Waals surface area (Å²) in [6.45, 7) is -0.302. The van der Waals surface area contributed by atoms with Gasteiger partial charge in [0, 0.05) is 17.4 Å². The van der Waals surface area contributed by atoms with Crippen LogP contribution in [0.3, 0.4) is 0 Å². The molecular weight excluding hydrogens is 367 g/mol. The van der Waals surface area contributed by atoms with Crippen molar-refractivity contribution in [2.75, 3.05) is 12.3 Å². The van der Waals surface area contributed by atoms with E-state index in [1.54, 1.807) is 0 Å². The first kappa shape index (κ1) is 17.6. The van der Waals surface area contributed by atoms with Gasteiger partial charge in [0.2, 0.25) is 5.91 Å². The van der Waals surface area contributed by atoms with Gasteiger partial charge in [-0.1, -0.05) is 0 Å². The number of alkyl halides is 3. The van der Waals surface area contributed by atoms with Gasteiger partial charge in [-0.25, -0.2) is 4.79 Å². The highest BCUT2D eigenvalue weighted by Gasteiger charge is 2.66. The number of hydrogen-bond acceptors (Lipinski definition) is 5. The Morgan fingerprint density at radius 3 is 2.48 bits per heavy atom. The highest BCUT2D eigenvalue weighted by atomic mass is 32.2. The third kappa shape index (κ3) is 2.64. The van der Waals surface area contributed by atoms with E-state index in [-0.39, 0.29) is 29.3 Å². The molecule has 3 N–H and O–H groups in total. The first-order valence-corrected chi connectivity index (χ1v) is 8.11. The van der Waals surface area contributed by atoms with Crippen LogP contribution in [-0.4, -0.2) is 69.2 Å². The predicted octanol–water partition coefficient (Wildman–Crippen LogP) is -0.495. The van der Waals surface area contributed by atoms with Crippen LogP contribution in [0.25, 0.3) is 0 Å². The summed E-state index contributed by atoms with van der Waals surface area (Å²) in [7, 11) is 0. The Morgan fingerprint density at radius 1 is 1.32 bits per heavy atom. The number of rotatable bonds is 4. The van der Waals surface area contributed by atoms with Crippen LogP contribution >= 0.6 is 11.8 Å². The molecule has 0 aromatic heterocycles. The van der Waals surface area contributed by atoms with Gasteiger partial charge in [0.05, 0.1) is 11.8 Å². The molecule has 8 nitrogen and oxygen atoms in total. The number of halogens is 3. The van der Waals surface area contributed by atoms with Crippen molar-refractivity contribution >= 4 is 35.5 Å². The summed E-state index contributed by atoms with van der Waals surface area (Å²) >= 11 is 0.841. The standard InChI is InChI=1S/C13H12F3N3O5S/c14-13(15,16)12(24)18-2-4-1-5(25-3-6(17)20)8(11(22)23)19-7(4)9(18)10(19)21/h4,7,9H,1-3H2,(H2,17,20)(H,22,23)/t4-,7-,9+/m1/s1. The lowest BCUT2D eigenvalue weighted by Crippen LogP contribution is -2.69. The van der Waals surface area contributed by atoms with Crippen LogP contribution < -0.4 is 5.73 Å². The maximum Gasteiger partial charge on any atom is 0.471 e. The van der Waals surface area contributed by atoms with E-state index in [0.717, 1.165) is 16.7 Å². The van der Waals surface area contributed by atoms with Gasteiger partial charge in [0.1, 0.15) is 11.7 Å². The van der Waals surface area contributed by atoms with Gasteiger partial charge in [0.15, 0.2) is 0 Å². The zero-order chi connectivity index (χ0) is 18.7. The lowest BCUT2D eigenvalue weighted by molar-refractivity contribution is -0.190. The number of aliphatic carboxylic acids is 1. The number of amides is 3. The molecule has 3 heterocycles. The molecule has 136 valence electrons. The normalized spacial score (nSPS) is 28.0. The second kappa shape index (κ2) is 5.64. The average molecular weight is 379 g/mol. The molecular formula is C13H12F3N3O5S. The minimum atomic E-state index is -5.11. The Labute approximate surface area is 142 Å². The van der Waals surface area contributed by atoms with Gasteiger partial charge in [-0.05, 0) is 6.42 Å². The Balaban J connectivity index is 1.91. The van der Waals surface area contributed by atoms with Crippen LogP contribution in [0.4, 0.5) is 13.2 Å². The van der Waals surface area contributed by atoms with Gasteiger partial charge >= 0.3 is 18.1 Å². The van der Waals surface area contributed by atoms with E-state index in [1.807, 2.05) is 0 Å². The van der Waals surface area contributed by atoms with E-state index in [9.17, 15) is 37.5 Å². The lowest BCUT2D eigenvalue weighted by Gasteiger charge is -2.49. The third-order valence-corrected chi connectivity index (χ3v) is 5.55.